The number of anilines is 1. The highest BCUT2D eigenvalue weighted by atomic mass is 32.2. The zero-order valence-corrected chi connectivity index (χ0v) is 17.5. The van der Waals surface area contributed by atoms with Crippen molar-refractivity contribution in [3.8, 4) is 0 Å². The van der Waals surface area contributed by atoms with E-state index in [1.54, 1.807) is 6.92 Å². The molecule has 0 aliphatic carbocycles. The van der Waals surface area contributed by atoms with Crippen LogP contribution in [0.15, 0.2) is 47.4 Å². The Balaban J connectivity index is 1.81. The summed E-state index contributed by atoms with van der Waals surface area (Å²) in [7, 11) is 0.271. The predicted molar refractivity (Wildman–Crippen MR) is 111 cm³/mol. The Morgan fingerprint density at radius 3 is 2.32 bits per heavy atom. The Hall–Kier alpha value is -1.96. The Bertz CT molecular complexity index is 908. The molecule has 0 amide bonds. The minimum atomic E-state index is -3.71. The van der Waals surface area contributed by atoms with Crippen LogP contribution < -0.4 is 9.62 Å². The highest BCUT2D eigenvalue weighted by Crippen LogP contribution is 2.27. The second-order valence-corrected chi connectivity index (χ2v) is 9.24. The average molecular weight is 406 g/mol. The van der Waals surface area contributed by atoms with Crippen LogP contribution in [0.1, 0.15) is 30.0 Å². The molecule has 1 fully saturated rings. The van der Waals surface area contributed by atoms with Gasteiger partial charge in [0.15, 0.2) is 0 Å². The van der Waals surface area contributed by atoms with Gasteiger partial charge in [0.05, 0.1) is 4.90 Å². The smallest absolute Gasteiger partial charge is 0.240 e. The summed E-state index contributed by atoms with van der Waals surface area (Å²) >= 11 is 0. The predicted octanol–water partition coefficient (Wildman–Crippen LogP) is 3.32. The molecule has 7 heteroatoms. The molecular weight excluding hydrogens is 377 g/mol. The van der Waals surface area contributed by atoms with Gasteiger partial charge in [0.2, 0.25) is 10.0 Å². The topological polar surface area (TPSA) is 52.7 Å². The summed E-state index contributed by atoms with van der Waals surface area (Å²) in [5, 5.41) is 0. The molecule has 0 aromatic heterocycles. The van der Waals surface area contributed by atoms with Gasteiger partial charge in [-0.1, -0.05) is 12.1 Å². The van der Waals surface area contributed by atoms with Gasteiger partial charge in [-0.25, -0.2) is 17.5 Å². The Morgan fingerprint density at radius 2 is 1.75 bits per heavy atom. The van der Waals surface area contributed by atoms with Gasteiger partial charge in [-0.2, -0.15) is 0 Å². The summed E-state index contributed by atoms with van der Waals surface area (Å²) in [4.78, 5) is 4.48. The maximum Gasteiger partial charge on any atom is 0.240 e. The van der Waals surface area contributed by atoms with Crippen LogP contribution in [0.4, 0.5) is 10.1 Å². The second-order valence-electron chi connectivity index (χ2n) is 7.51. The maximum atomic E-state index is 13.3. The van der Waals surface area contributed by atoms with Crippen molar-refractivity contribution in [2.24, 2.45) is 0 Å². The Labute approximate surface area is 167 Å². The van der Waals surface area contributed by atoms with E-state index in [1.807, 2.05) is 19.0 Å². The van der Waals surface area contributed by atoms with Gasteiger partial charge in [-0.05, 0) is 74.3 Å². The van der Waals surface area contributed by atoms with Crippen LogP contribution >= 0.6 is 0 Å². The molecule has 1 aliphatic rings. The Morgan fingerprint density at radius 1 is 1.11 bits per heavy atom. The number of sulfonamides is 1. The molecule has 0 saturated carbocycles. The molecule has 0 spiro atoms. The lowest BCUT2D eigenvalue weighted by Crippen LogP contribution is -2.37. The second kappa shape index (κ2) is 8.59. The lowest BCUT2D eigenvalue weighted by atomic mass is 10.1. The molecule has 2 aromatic rings. The monoisotopic (exact) mass is 405 g/mol. The number of rotatable bonds is 7. The molecule has 152 valence electrons. The summed E-state index contributed by atoms with van der Waals surface area (Å²) < 4.78 is 41.7. The van der Waals surface area contributed by atoms with E-state index >= 15 is 0 Å². The molecule has 1 aliphatic heterocycles. The summed E-state index contributed by atoms with van der Waals surface area (Å²) in [6, 6.07) is 11.9. The van der Waals surface area contributed by atoms with Crippen molar-refractivity contribution in [3.05, 3.63) is 59.4 Å². The number of benzene rings is 2. The summed E-state index contributed by atoms with van der Waals surface area (Å²) in [6.07, 6.45) is 2.24. The van der Waals surface area contributed by atoms with Crippen molar-refractivity contribution >= 4 is 15.7 Å². The first-order chi connectivity index (χ1) is 13.3. The molecule has 1 unspecified atom stereocenters. The van der Waals surface area contributed by atoms with Gasteiger partial charge in [-0.15, -0.1) is 0 Å². The Kier molecular flexibility index (Phi) is 6.37. The third-order valence-corrected chi connectivity index (χ3v) is 6.85. The zero-order valence-electron chi connectivity index (χ0n) is 16.7. The molecule has 1 N–H and O–H groups in total. The number of hydrogen-bond acceptors (Lipinski definition) is 4. The van der Waals surface area contributed by atoms with E-state index in [4.69, 9.17) is 0 Å². The van der Waals surface area contributed by atoms with E-state index in [1.165, 1.54) is 18.2 Å². The van der Waals surface area contributed by atoms with Crippen LogP contribution in [0, 0.1) is 12.7 Å². The normalized spacial score (nSPS) is 16.3. The van der Waals surface area contributed by atoms with Crippen LogP contribution in [-0.2, 0) is 10.0 Å². The molecule has 1 heterocycles. The van der Waals surface area contributed by atoms with Crippen LogP contribution in [0.2, 0.25) is 0 Å². The van der Waals surface area contributed by atoms with E-state index in [2.05, 4.69) is 33.9 Å². The first kappa shape index (κ1) is 20.8. The fourth-order valence-electron chi connectivity index (χ4n) is 3.69. The van der Waals surface area contributed by atoms with E-state index in [9.17, 15) is 12.8 Å². The van der Waals surface area contributed by atoms with Gasteiger partial charge >= 0.3 is 0 Å². The lowest BCUT2D eigenvalue weighted by Gasteiger charge is -2.28. The van der Waals surface area contributed by atoms with Crippen LogP contribution in [0.3, 0.4) is 0 Å². The fraction of sp³-hybridized carbons (Fsp3) is 0.429. The van der Waals surface area contributed by atoms with Gasteiger partial charge in [0.25, 0.3) is 0 Å². The summed E-state index contributed by atoms with van der Waals surface area (Å²) in [5.41, 5.74) is 2.60. The summed E-state index contributed by atoms with van der Waals surface area (Å²) in [5.74, 6) is -0.438. The minimum absolute atomic E-state index is 0.0331. The van der Waals surface area contributed by atoms with Crippen LogP contribution in [0.5, 0.6) is 0 Å². The molecule has 0 radical (unpaired) electrons. The quantitative estimate of drug-likeness (QED) is 0.768. The van der Waals surface area contributed by atoms with Crippen LogP contribution in [0.25, 0.3) is 0 Å². The standard InChI is InChI=1S/C21H28FN3O2S/c1-16-14-18(22)8-11-21(16)28(26,27)23-15-20(25-12-4-5-13-25)17-6-9-19(10-7-17)24(2)3/h6-11,14,20,23H,4-5,12-13,15H2,1-3H3. The number of likely N-dealkylation sites (tertiary alicyclic amines) is 1. The van der Waals surface area contributed by atoms with Gasteiger partial charge in [0.1, 0.15) is 5.82 Å². The third kappa shape index (κ3) is 4.71. The fourth-order valence-corrected chi connectivity index (χ4v) is 4.95. The van der Waals surface area contributed by atoms with Crippen LogP contribution in [-0.4, -0.2) is 47.0 Å². The zero-order chi connectivity index (χ0) is 20.3. The van der Waals surface area contributed by atoms with Crippen molar-refractivity contribution < 1.29 is 12.8 Å². The maximum absolute atomic E-state index is 13.3. The minimum Gasteiger partial charge on any atom is -0.378 e. The SMILES string of the molecule is Cc1cc(F)ccc1S(=O)(=O)NCC(c1ccc(N(C)C)cc1)N1CCCC1. The molecule has 28 heavy (non-hydrogen) atoms. The molecule has 5 nitrogen and oxygen atoms in total. The first-order valence-corrected chi connectivity index (χ1v) is 11.0. The highest BCUT2D eigenvalue weighted by Gasteiger charge is 2.26. The summed E-state index contributed by atoms with van der Waals surface area (Å²) in [6.45, 7) is 3.80. The largest absolute Gasteiger partial charge is 0.378 e. The first-order valence-electron chi connectivity index (χ1n) is 9.55. The van der Waals surface area contributed by atoms with Gasteiger partial charge in [-0.3, -0.25) is 4.90 Å². The molecule has 0 bridgehead atoms. The molecule has 1 saturated heterocycles. The average Bonchev–Trinajstić information content (AvgIpc) is 3.16. The lowest BCUT2D eigenvalue weighted by molar-refractivity contribution is 0.246. The van der Waals surface area contributed by atoms with Crippen molar-refractivity contribution in [2.45, 2.75) is 30.7 Å². The molecular formula is C21H28FN3O2S. The number of halogens is 1. The highest BCUT2D eigenvalue weighted by molar-refractivity contribution is 7.89. The van der Waals surface area contributed by atoms with Crippen molar-refractivity contribution in [1.82, 2.24) is 9.62 Å². The van der Waals surface area contributed by atoms with Gasteiger partial charge in [0, 0.05) is 32.4 Å². The van der Waals surface area contributed by atoms with Crippen molar-refractivity contribution in [2.75, 3.05) is 38.6 Å². The van der Waals surface area contributed by atoms with Crippen molar-refractivity contribution in [3.63, 3.8) is 0 Å². The number of hydrogen-bond donors (Lipinski definition) is 1. The van der Waals surface area contributed by atoms with E-state index < -0.39 is 15.8 Å². The van der Waals surface area contributed by atoms with Crippen molar-refractivity contribution in [1.29, 1.82) is 0 Å². The molecule has 3 rings (SSSR count). The van der Waals surface area contributed by atoms with E-state index in [0.717, 1.165) is 37.2 Å². The van der Waals surface area contributed by atoms with Gasteiger partial charge < -0.3 is 4.90 Å². The number of nitrogens with zero attached hydrogens (tertiary/aromatic N) is 2. The molecule has 1 atom stereocenters. The van der Waals surface area contributed by atoms with E-state index in [-0.39, 0.29) is 17.5 Å². The number of aryl methyl sites for hydroxylation is 1. The molecule has 2 aromatic carbocycles. The third-order valence-electron chi connectivity index (χ3n) is 5.27. The van der Waals surface area contributed by atoms with E-state index in [0.29, 0.717) is 5.56 Å². The number of nitrogens with one attached hydrogen (secondary N) is 1.